The van der Waals surface area contributed by atoms with E-state index >= 15 is 0 Å². The minimum Gasteiger partial charge on any atom is -0.449 e. The number of hydrogen-bond acceptors (Lipinski definition) is 6. The van der Waals surface area contributed by atoms with Crippen LogP contribution in [0.5, 0.6) is 5.75 Å². The van der Waals surface area contributed by atoms with Crippen LogP contribution in [-0.4, -0.2) is 41.5 Å². The fraction of sp³-hybridized carbons (Fsp3) is 0.143. The fourth-order valence-corrected chi connectivity index (χ4v) is 3.92. The van der Waals surface area contributed by atoms with Crippen molar-refractivity contribution in [1.82, 2.24) is 4.57 Å². The molecule has 1 amide bonds. The van der Waals surface area contributed by atoms with Crippen LogP contribution >= 0.6 is 0 Å². The van der Waals surface area contributed by atoms with Gasteiger partial charge in [-0.3, -0.25) is 14.8 Å². The van der Waals surface area contributed by atoms with Gasteiger partial charge in [-0.15, -0.1) is 0 Å². The van der Waals surface area contributed by atoms with Gasteiger partial charge in [0.2, 0.25) is 0 Å². The molecule has 1 heterocycles. The molecule has 0 radical (unpaired) electrons. The van der Waals surface area contributed by atoms with Crippen molar-refractivity contribution in [1.29, 1.82) is 5.41 Å². The molecule has 0 unspecified atom stereocenters. The molecular formula is C28H26N4O5. The highest BCUT2D eigenvalue weighted by Crippen LogP contribution is 2.30. The molecule has 0 saturated heterocycles. The molecule has 3 aromatic carbocycles. The lowest BCUT2D eigenvalue weighted by atomic mass is 10.1. The van der Waals surface area contributed by atoms with Gasteiger partial charge < -0.3 is 20.1 Å². The Labute approximate surface area is 213 Å². The van der Waals surface area contributed by atoms with E-state index in [2.05, 4.69) is 0 Å². The lowest BCUT2D eigenvalue weighted by Gasteiger charge is -2.20. The summed E-state index contributed by atoms with van der Waals surface area (Å²) in [7, 11) is 0. The number of hydrogen-bond donors (Lipinski definition) is 2. The monoisotopic (exact) mass is 498 g/mol. The zero-order chi connectivity index (χ0) is 26.5. The van der Waals surface area contributed by atoms with E-state index in [0.717, 1.165) is 5.39 Å². The Bertz CT molecular complexity index is 1470. The smallest absolute Gasteiger partial charge is 0.418 e. The van der Waals surface area contributed by atoms with Gasteiger partial charge in [-0.05, 0) is 68.4 Å². The number of nitrogens with two attached hydrogens (primary N) is 1. The summed E-state index contributed by atoms with van der Waals surface area (Å²) in [5, 5.41) is 8.17. The summed E-state index contributed by atoms with van der Waals surface area (Å²) in [6.45, 7) is 4.17. The molecule has 0 aliphatic heterocycles. The number of amides is 1. The second kappa shape index (κ2) is 10.8. The Hall–Kier alpha value is -4.92. The molecule has 1 aromatic heterocycles. The van der Waals surface area contributed by atoms with E-state index in [9.17, 15) is 14.4 Å². The molecule has 4 aromatic rings. The number of nitrogen functional groups attached to an aromatic ring is 1. The Kier molecular flexibility index (Phi) is 7.34. The molecule has 188 valence electrons. The van der Waals surface area contributed by atoms with Crippen LogP contribution in [0.25, 0.3) is 10.9 Å². The van der Waals surface area contributed by atoms with Crippen molar-refractivity contribution < 1.29 is 23.9 Å². The zero-order valence-corrected chi connectivity index (χ0v) is 20.4. The number of aromatic nitrogens is 1. The molecule has 9 heteroatoms. The summed E-state index contributed by atoms with van der Waals surface area (Å²) in [5.41, 5.74) is 7.82. The standard InChI is InChI=1S/C28H26N4O5/c1-3-31(24-17-32(28(35)36-4-2)23-8-6-5-7-22(23)24)26(33)19-9-11-20(12-10-19)27(34)37-21-15-13-18(14-16-21)25(29)30/h5-17H,3-4H2,1-2H3,(H3,29,30). The van der Waals surface area contributed by atoms with Gasteiger partial charge in [0.25, 0.3) is 5.91 Å². The minimum atomic E-state index is -0.584. The van der Waals surface area contributed by atoms with Crippen molar-refractivity contribution in [3.05, 3.63) is 95.7 Å². The van der Waals surface area contributed by atoms with Gasteiger partial charge in [0.15, 0.2) is 0 Å². The zero-order valence-electron chi connectivity index (χ0n) is 20.4. The number of rotatable bonds is 7. The predicted octanol–water partition coefficient (Wildman–Crippen LogP) is 4.82. The SMILES string of the molecule is CCOC(=O)n1cc(N(CC)C(=O)c2ccc(C(=O)Oc3ccc(C(=N)N)cc3)cc2)c2ccccc21. The molecule has 0 atom stereocenters. The molecule has 3 N–H and O–H groups in total. The fourth-order valence-electron chi connectivity index (χ4n) is 3.92. The molecule has 9 nitrogen and oxygen atoms in total. The first-order chi connectivity index (χ1) is 17.8. The molecule has 0 aliphatic carbocycles. The minimum absolute atomic E-state index is 0.0790. The number of ether oxygens (including phenoxy) is 2. The van der Waals surface area contributed by atoms with Gasteiger partial charge in [0.1, 0.15) is 11.6 Å². The number of esters is 1. The summed E-state index contributed by atoms with van der Waals surface area (Å²) in [6, 6.07) is 19.7. The molecule has 0 spiro atoms. The van der Waals surface area contributed by atoms with Crippen LogP contribution in [0.3, 0.4) is 0 Å². The van der Waals surface area contributed by atoms with Crippen molar-refractivity contribution in [2.24, 2.45) is 5.73 Å². The highest BCUT2D eigenvalue weighted by molar-refractivity contribution is 6.12. The lowest BCUT2D eigenvalue weighted by molar-refractivity contribution is 0.0734. The van der Waals surface area contributed by atoms with E-state index in [1.165, 1.54) is 16.7 Å². The van der Waals surface area contributed by atoms with Crippen LogP contribution in [0.1, 0.15) is 40.1 Å². The first-order valence-corrected chi connectivity index (χ1v) is 11.7. The average molecular weight is 499 g/mol. The van der Waals surface area contributed by atoms with Crippen LogP contribution in [-0.2, 0) is 4.74 Å². The van der Waals surface area contributed by atoms with Crippen molar-refractivity contribution in [3.8, 4) is 5.75 Å². The maximum Gasteiger partial charge on any atom is 0.418 e. The van der Waals surface area contributed by atoms with Crippen LogP contribution in [0.4, 0.5) is 10.5 Å². The largest absolute Gasteiger partial charge is 0.449 e. The first-order valence-electron chi connectivity index (χ1n) is 11.7. The third-order valence-corrected chi connectivity index (χ3v) is 5.75. The second-order valence-corrected chi connectivity index (χ2v) is 8.05. The van der Waals surface area contributed by atoms with Crippen LogP contribution in [0.15, 0.2) is 79.0 Å². The number of anilines is 1. The number of benzene rings is 3. The van der Waals surface area contributed by atoms with Crippen molar-refractivity contribution in [3.63, 3.8) is 0 Å². The maximum atomic E-state index is 13.4. The van der Waals surface area contributed by atoms with Gasteiger partial charge in [-0.1, -0.05) is 18.2 Å². The molecule has 0 aliphatic rings. The van der Waals surface area contributed by atoms with Crippen molar-refractivity contribution in [2.45, 2.75) is 13.8 Å². The second-order valence-electron chi connectivity index (χ2n) is 8.05. The molecule has 0 saturated carbocycles. The van der Waals surface area contributed by atoms with Gasteiger partial charge in [-0.25, -0.2) is 9.59 Å². The van der Waals surface area contributed by atoms with E-state index in [1.54, 1.807) is 60.5 Å². The molecule has 0 fully saturated rings. The van der Waals surface area contributed by atoms with Gasteiger partial charge >= 0.3 is 12.1 Å². The summed E-state index contributed by atoms with van der Waals surface area (Å²) >= 11 is 0. The number of para-hydroxylation sites is 1. The molecule has 4 rings (SSSR count). The van der Waals surface area contributed by atoms with E-state index in [-0.39, 0.29) is 23.9 Å². The van der Waals surface area contributed by atoms with Crippen LogP contribution < -0.4 is 15.4 Å². The number of nitrogens with one attached hydrogen (secondary N) is 1. The summed E-state index contributed by atoms with van der Waals surface area (Å²) < 4.78 is 11.9. The molecular weight excluding hydrogens is 472 g/mol. The lowest BCUT2D eigenvalue weighted by Crippen LogP contribution is -2.30. The number of fused-ring (bicyclic) bond motifs is 1. The average Bonchev–Trinajstić information content (AvgIpc) is 3.29. The summed E-state index contributed by atoms with van der Waals surface area (Å²) in [5.74, 6) is -0.636. The Balaban J connectivity index is 1.56. The summed E-state index contributed by atoms with van der Waals surface area (Å²) in [4.78, 5) is 40.1. The van der Waals surface area contributed by atoms with E-state index in [4.69, 9.17) is 20.6 Å². The number of nitrogens with zero attached hydrogens (tertiary/aromatic N) is 2. The van der Waals surface area contributed by atoms with E-state index in [1.807, 2.05) is 25.1 Å². The number of amidine groups is 1. The first kappa shape index (κ1) is 25.2. The highest BCUT2D eigenvalue weighted by atomic mass is 16.5. The Morgan fingerprint density at radius 1 is 0.892 bits per heavy atom. The van der Waals surface area contributed by atoms with E-state index in [0.29, 0.717) is 34.6 Å². The molecule has 0 bridgehead atoms. The topological polar surface area (TPSA) is 128 Å². The highest BCUT2D eigenvalue weighted by Gasteiger charge is 2.23. The van der Waals surface area contributed by atoms with E-state index < -0.39 is 12.1 Å². The van der Waals surface area contributed by atoms with Crippen LogP contribution in [0.2, 0.25) is 0 Å². The Morgan fingerprint density at radius 2 is 1.51 bits per heavy atom. The quantitative estimate of drug-likeness (QED) is 0.163. The predicted molar refractivity (Wildman–Crippen MR) is 141 cm³/mol. The van der Waals surface area contributed by atoms with Crippen LogP contribution in [0, 0.1) is 5.41 Å². The number of carbonyl (C=O) groups excluding carboxylic acids is 3. The van der Waals surface area contributed by atoms with Crippen molar-refractivity contribution >= 4 is 40.4 Å². The maximum absolute atomic E-state index is 13.4. The number of carbonyl (C=O) groups is 3. The van der Waals surface area contributed by atoms with Gasteiger partial charge in [0, 0.05) is 29.3 Å². The Morgan fingerprint density at radius 3 is 2.14 bits per heavy atom. The van der Waals surface area contributed by atoms with Gasteiger partial charge in [-0.2, -0.15) is 0 Å². The molecule has 37 heavy (non-hydrogen) atoms. The third kappa shape index (κ3) is 5.20. The third-order valence-electron chi connectivity index (χ3n) is 5.75. The summed E-state index contributed by atoms with van der Waals surface area (Å²) in [6.07, 6.45) is 1.08. The van der Waals surface area contributed by atoms with Gasteiger partial charge in [0.05, 0.1) is 23.4 Å². The van der Waals surface area contributed by atoms with Crippen molar-refractivity contribution in [2.75, 3.05) is 18.1 Å². The normalized spacial score (nSPS) is 10.6.